The SMILES string of the molecule is COc1ccccc1N1CC(CCO)N(C)CC1C. The van der Waals surface area contributed by atoms with Gasteiger partial charge in [0.1, 0.15) is 5.75 Å². The van der Waals surface area contributed by atoms with Gasteiger partial charge < -0.3 is 14.7 Å². The summed E-state index contributed by atoms with van der Waals surface area (Å²) < 4.78 is 5.46. The molecule has 0 amide bonds. The van der Waals surface area contributed by atoms with Gasteiger partial charge in [-0.25, -0.2) is 0 Å². The predicted octanol–water partition coefficient (Wildman–Crippen LogP) is 1.59. The zero-order chi connectivity index (χ0) is 13.8. The number of ether oxygens (including phenoxy) is 1. The van der Waals surface area contributed by atoms with Crippen molar-refractivity contribution < 1.29 is 9.84 Å². The Kier molecular flexibility index (Phi) is 4.66. The number of aliphatic hydroxyl groups is 1. The third-order valence-corrected chi connectivity index (χ3v) is 3.97. The van der Waals surface area contributed by atoms with Crippen LogP contribution in [-0.2, 0) is 0 Å². The van der Waals surface area contributed by atoms with E-state index in [4.69, 9.17) is 4.74 Å². The van der Waals surface area contributed by atoms with Crippen LogP contribution in [0, 0.1) is 0 Å². The third kappa shape index (κ3) is 3.01. The number of likely N-dealkylation sites (N-methyl/N-ethyl adjacent to an activating group) is 1. The molecule has 0 spiro atoms. The molecule has 0 radical (unpaired) electrons. The molecule has 1 fully saturated rings. The lowest BCUT2D eigenvalue weighted by molar-refractivity contribution is 0.153. The third-order valence-electron chi connectivity index (χ3n) is 3.97. The summed E-state index contributed by atoms with van der Waals surface area (Å²) in [4.78, 5) is 4.73. The standard InChI is InChI=1S/C15H24N2O2/c1-12-10-16(2)13(8-9-18)11-17(12)14-6-4-5-7-15(14)19-3/h4-7,12-13,18H,8-11H2,1-3H3. The van der Waals surface area contributed by atoms with Crippen LogP contribution in [0.5, 0.6) is 5.75 Å². The topological polar surface area (TPSA) is 35.9 Å². The predicted molar refractivity (Wildman–Crippen MR) is 77.9 cm³/mol. The van der Waals surface area contributed by atoms with Crippen LogP contribution >= 0.6 is 0 Å². The van der Waals surface area contributed by atoms with Gasteiger partial charge in [0.05, 0.1) is 12.8 Å². The van der Waals surface area contributed by atoms with Crippen LogP contribution in [0.1, 0.15) is 13.3 Å². The maximum Gasteiger partial charge on any atom is 0.142 e. The number of methoxy groups -OCH3 is 1. The van der Waals surface area contributed by atoms with Crippen molar-refractivity contribution >= 4 is 5.69 Å². The second-order valence-corrected chi connectivity index (χ2v) is 5.28. The lowest BCUT2D eigenvalue weighted by Crippen LogP contribution is -2.56. The van der Waals surface area contributed by atoms with E-state index in [9.17, 15) is 5.11 Å². The van der Waals surface area contributed by atoms with Gasteiger partial charge in [0, 0.05) is 31.8 Å². The fourth-order valence-electron chi connectivity index (χ4n) is 2.87. The van der Waals surface area contributed by atoms with Crippen LogP contribution in [0.25, 0.3) is 0 Å². The van der Waals surface area contributed by atoms with E-state index in [2.05, 4.69) is 29.8 Å². The van der Waals surface area contributed by atoms with Gasteiger partial charge in [0.2, 0.25) is 0 Å². The van der Waals surface area contributed by atoms with E-state index < -0.39 is 0 Å². The van der Waals surface area contributed by atoms with Crippen LogP contribution < -0.4 is 9.64 Å². The van der Waals surface area contributed by atoms with Crippen molar-refractivity contribution in [2.24, 2.45) is 0 Å². The first-order valence-electron chi connectivity index (χ1n) is 6.88. The number of anilines is 1. The molecule has 4 heteroatoms. The minimum absolute atomic E-state index is 0.239. The molecule has 0 aliphatic carbocycles. The Bertz CT molecular complexity index is 411. The summed E-state index contributed by atoms with van der Waals surface area (Å²) in [6, 6.07) is 8.98. The molecule has 0 aromatic heterocycles. The molecule has 2 rings (SSSR count). The molecule has 2 unspecified atom stereocenters. The lowest BCUT2D eigenvalue weighted by Gasteiger charge is -2.45. The highest BCUT2D eigenvalue weighted by Gasteiger charge is 2.30. The molecule has 1 aliphatic heterocycles. The van der Waals surface area contributed by atoms with Crippen LogP contribution in [0.2, 0.25) is 0 Å². The molecular weight excluding hydrogens is 240 g/mol. The molecule has 1 saturated heterocycles. The molecule has 19 heavy (non-hydrogen) atoms. The Balaban J connectivity index is 2.22. The maximum atomic E-state index is 9.19. The molecule has 1 heterocycles. The van der Waals surface area contributed by atoms with Gasteiger partial charge in [0.25, 0.3) is 0 Å². The summed E-state index contributed by atoms with van der Waals surface area (Å²) in [7, 11) is 3.85. The van der Waals surface area contributed by atoms with E-state index in [1.807, 2.05) is 18.2 Å². The lowest BCUT2D eigenvalue weighted by atomic mass is 10.0. The Morgan fingerprint density at radius 3 is 2.74 bits per heavy atom. The second-order valence-electron chi connectivity index (χ2n) is 5.28. The van der Waals surface area contributed by atoms with E-state index in [0.29, 0.717) is 12.1 Å². The van der Waals surface area contributed by atoms with Crippen molar-refractivity contribution in [3.8, 4) is 5.75 Å². The summed E-state index contributed by atoms with van der Waals surface area (Å²) in [5.41, 5.74) is 1.15. The van der Waals surface area contributed by atoms with Crippen molar-refractivity contribution in [2.75, 3.05) is 38.8 Å². The average Bonchev–Trinajstić information content (AvgIpc) is 2.42. The molecule has 106 valence electrons. The summed E-state index contributed by atoms with van der Waals surface area (Å²) >= 11 is 0. The highest BCUT2D eigenvalue weighted by atomic mass is 16.5. The Morgan fingerprint density at radius 2 is 2.05 bits per heavy atom. The normalized spacial score (nSPS) is 24.5. The smallest absolute Gasteiger partial charge is 0.142 e. The number of benzene rings is 1. The van der Waals surface area contributed by atoms with Crippen molar-refractivity contribution in [2.45, 2.75) is 25.4 Å². The minimum Gasteiger partial charge on any atom is -0.495 e. The van der Waals surface area contributed by atoms with Gasteiger partial charge in [-0.05, 0) is 32.5 Å². The first-order chi connectivity index (χ1) is 9.17. The number of piperazine rings is 1. The van der Waals surface area contributed by atoms with E-state index in [1.165, 1.54) is 0 Å². The van der Waals surface area contributed by atoms with Crippen LogP contribution in [0.15, 0.2) is 24.3 Å². The zero-order valence-corrected chi connectivity index (χ0v) is 12.0. The molecular formula is C15H24N2O2. The molecule has 2 atom stereocenters. The number of aliphatic hydroxyl groups excluding tert-OH is 1. The van der Waals surface area contributed by atoms with E-state index in [-0.39, 0.29) is 6.61 Å². The van der Waals surface area contributed by atoms with Gasteiger partial charge >= 0.3 is 0 Å². The molecule has 1 aliphatic rings. The number of rotatable bonds is 4. The van der Waals surface area contributed by atoms with Crippen molar-refractivity contribution in [1.29, 1.82) is 0 Å². The second kappa shape index (κ2) is 6.26. The van der Waals surface area contributed by atoms with E-state index >= 15 is 0 Å². The average molecular weight is 264 g/mol. The fraction of sp³-hybridized carbons (Fsp3) is 0.600. The molecule has 1 aromatic rings. The van der Waals surface area contributed by atoms with Gasteiger partial charge in [0.15, 0.2) is 0 Å². The zero-order valence-electron chi connectivity index (χ0n) is 12.0. The van der Waals surface area contributed by atoms with Crippen molar-refractivity contribution in [3.63, 3.8) is 0 Å². The van der Waals surface area contributed by atoms with Gasteiger partial charge in [-0.3, -0.25) is 4.90 Å². The summed E-state index contributed by atoms with van der Waals surface area (Å²) in [5, 5.41) is 9.19. The van der Waals surface area contributed by atoms with Crippen LogP contribution in [0.4, 0.5) is 5.69 Å². The fourth-order valence-corrected chi connectivity index (χ4v) is 2.87. The highest BCUT2D eigenvalue weighted by Crippen LogP contribution is 2.31. The molecule has 0 bridgehead atoms. The van der Waals surface area contributed by atoms with E-state index in [1.54, 1.807) is 7.11 Å². The van der Waals surface area contributed by atoms with Gasteiger partial charge in [-0.15, -0.1) is 0 Å². The Morgan fingerprint density at radius 1 is 1.32 bits per heavy atom. The number of nitrogens with zero attached hydrogens (tertiary/aromatic N) is 2. The molecule has 1 aromatic carbocycles. The summed E-state index contributed by atoms with van der Waals surface area (Å²) in [5.74, 6) is 0.918. The van der Waals surface area contributed by atoms with Gasteiger partial charge in [-0.1, -0.05) is 12.1 Å². The maximum absolute atomic E-state index is 9.19. The Hall–Kier alpha value is -1.26. The van der Waals surface area contributed by atoms with Crippen LogP contribution in [0.3, 0.4) is 0 Å². The largest absolute Gasteiger partial charge is 0.495 e. The van der Waals surface area contributed by atoms with Crippen molar-refractivity contribution in [3.05, 3.63) is 24.3 Å². The van der Waals surface area contributed by atoms with Crippen LogP contribution in [-0.4, -0.2) is 55.9 Å². The monoisotopic (exact) mass is 264 g/mol. The molecule has 4 nitrogen and oxygen atoms in total. The quantitative estimate of drug-likeness (QED) is 0.896. The molecule has 1 N–H and O–H groups in total. The molecule has 0 saturated carbocycles. The minimum atomic E-state index is 0.239. The van der Waals surface area contributed by atoms with Gasteiger partial charge in [-0.2, -0.15) is 0 Å². The van der Waals surface area contributed by atoms with E-state index in [0.717, 1.165) is 30.9 Å². The first kappa shape index (κ1) is 14.2. The summed E-state index contributed by atoms with van der Waals surface area (Å²) in [6.45, 7) is 4.41. The number of hydrogen-bond donors (Lipinski definition) is 1. The number of para-hydroxylation sites is 2. The number of hydrogen-bond acceptors (Lipinski definition) is 4. The van der Waals surface area contributed by atoms with Crippen molar-refractivity contribution in [1.82, 2.24) is 4.90 Å². The first-order valence-corrected chi connectivity index (χ1v) is 6.88. The highest BCUT2D eigenvalue weighted by molar-refractivity contribution is 5.59. The Labute approximate surface area is 115 Å². The summed E-state index contributed by atoms with van der Waals surface area (Å²) in [6.07, 6.45) is 0.814.